The second kappa shape index (κ2) is 5.95. The summed E-state index contributed by atoms with van der Waals surface area (Å²) in [5.74, 6) is 0.186. The summed E-state index contributed by atoms with van der Waals surface area (Å²) in [6, 6.07) is 10.2. The van der Waals surface area contributed by atoms with E-state index in [2.05, 4.69) is 5.32 Å². The van der Waals surface area contributed by atoms with Crippen LogP contribution in [0, 0.1) is 0 Å². The first-order valence-electron chi connectivity index (χ1n) is 6.15. The molecule has 0 atom stereocenters. The number of hydrogen-bond acceptors (Lipinski definition) is 3. The lowest BCUT2D eigenvalue weighted by Gasteiger charge is -2.15. The minimum Gasteiger partial charge on any atom is -0.497 e. The molecule has 0 spiro atoms. The van der Waals surface area contributed by atoms with E-state index in [1.165, 1.54) is 19.2 Å². The van der Waals surface area contributed by atoms with Crippen LogP contribution in [0.4, 0.5) is 18.9 Å². The first kappa shape index (κ1) is 15.0. The molecule has 0 bridgehead atoms. The maximum Gasteiger partial charge on any atom is 0.420 e. The second-order valence-corrected chi connectivity index (χ2v) is 4.24. The predicted molar refractivity (Wildman–Crippen MR) is 74.1 cm³/mol. The molecule has 2 rings (SSSR count). The van der Waals surface area contributed by atoms with E-state index >= 15 is 0 Å². The van der Waals surface area contributed by atoms with Crippen LogP contribution in [0.3, 0.4) is 0 Å². The minimum absolute atomic E-state index is 0.125. The number of methoxy groups -OCH3 is 1. The fourth-order valence-electron chi connectivity index (χ4n) is 1.76. The monoisotopic (exact) mass is 297 g/mol. The number of ether oxygens (including phenoxy) is 2. The molecule has 6 heteroatoms. The molecule has 0 unspecified atom stereocenters. The summed E-state index contributed by atoms with van der Waals surface area (Å²) >= 11 is 0. The second-order valence-electron chi connectivity index (χ2n) is 4.24. The lowest BCUT2D eigenvalue weighted by molar-refractivity contribution is -0.138. The highest BCUT2D eigenvalue weighted by Crippen LogP contribution is 2.40. The van der Waals surface area contributed by atoms with E-state index in [4.69, 9.17) is 9.47 Å². The fourth-order valence-corrected chi connectivity index (χ4v) is 1.76. The molecule has 3 nitrogen and oxygen atoms in total. The molecular weight excluding hydrogens is 283 g/mol. The Hall–Kier alpha value is -2.37. The van der Waals surface area contributed by atoms with Crippen molar-refractivity contribution in [2.45, 2.75) is 6.18 Å². The van der Waals surface area contributed by atoms with Gasteiger partial charge in [-0.1, -0.05) is 0 Å². The summed E-state index contributed by atoms with van der Waals surface area (Å²) in [5, 5.41) is 2.92. The minimum atomic E-state index is -4.52. The van der Waals surface area contributed by atoms with Crippen molar-refractivity contribution in [3.63, 3.8) is 0 Å². The van der Waals surface area contributed by atoms with Gasteiger partial charge in [0.2, 0.25) is 0 Å². The van der Waals surface area contributed by atoms with Gasteiger partial charge in [-0.3, -0.25) is 0 Å². The summed E-state index contributed by atoms with van der Waals surface area (Å²) in [5.41, 5.74) is -0.0346. The van der Waals surface area contributed by atoms with Crippen molar-refractivity contribution in [1.82, 2.24) is 0 Å². The summed E-state index contributed by atoms with van der Waals surface area (Å²) in [7, 11) is 3.06. The number of alkyl halides is 3. The van der Waals surface area contributed by atoms with Crippen molar-refractivity contribution in [3.05, 3.63) is 48.0 Å². The molecule has 0 fully saturated rings. The standard InChI is InChI=1S/C15H14F3NO2/c1-19-10-3-5-11(6-4-10)21-14-8-7-12(20-2)9-13(14)15(16,17)18/h3-9,19H,1-2H3. The van der Waals surface area contributed by atoms with Crippen LogP contribution in [0.25, 0.3) is 0 Å². The predicted octanol–water partition coefficient (Wildman–Crippen LogP) is 4.55. The lowest BCUT2D eigenvalue weighted by atomic mass is 10.2. The molecule has 112 valence electrons. The Morgan fingerprint density at radius 3 is 2.10 bits per heavy atom. The molecule has 0 aliphatic rings. The molecule has 21 heavy (non-hydrogen) atoms. The van der Waals surface area contributed by atoms with Crippen LogP contribution < -0.4 is 14.8 Å². The van der Waals surface area contributed by atoms with Gasteiger partial charge in [-0.15, -0.1) is 0 Å². The van der Waals surface area contributed by atoms with E-state index in [-0.39, 0.29) is 11.5 Å². The van der Waals surface area contributed by atoms with E-state index in [9.17, 15) is 13.2 Å². The average Bonchev–Trinajstić information content (AvgIpc) is 2.47. The summed E-state index contributed by atoms with van der Waals surface area (Å²) in [6.07, 6.45) is -4.52. The van der Waals surface area contributed by atoms with Gasteiger partial charge in [0, 0.05) is 12.7 Å². The number of halogens is 3. The smallest absolute Gasteiger partial charge is 0.420 e. The normalized spacial score (nSPS) is 11.1. The van der Waals surface area contributed by atoms with Crippen molar-refractivity contribution < 1.29 is 22.6 Å². The molecule has 0 saturated carbocycles. The number of rotatable bonds is 4. The molecule has 2 aromatic rings. The summed E-state index contributed by atoms with van der Waals surface area (Å²) in [6.45, 7) is 0. The third-order valence-corrected chi connectivity index (χ3v) is 2.86. The molecule has 0 saturated heterocycles. The SMILES string of the molecule is CNc1ccc(Oc2ccc(OC)cc2C(F)(F)F)cc1. The van der Waals surface area contributed by atoms with Crippen LogP contribution in [0.1, 0.15) is 5.56 Å². The molecule has 0 aliphatic carbocycles. The highest BCUT2D eigenvalue weighted by molar-refractivity contribution is 5.48. The van der Waals surface area contributed by atoms with Crippen molar-refractivity contribution in [2.24, 2.45) is 0 Å². The van der Waals surface area contributed by atoms with Crippen LogP contribution in [0.2, 0.25) is 0 Å². The zero-order valence-corrected chi connectivity index (χ0v) is 11.5. The Kier molecular flexibility index (Phi) is 4.26. The highest BCUT2D eigenvalue weighted by Gasteiger charge is 2.35. The maximum atomic E-state index is 13.0. The third-order valence-electron chi connectivity index (χ3n) is 2.86. The Labute approximate surface area is 120 Å². The van der Waals surface area contributed by atoms with Crippen LogP contribution in [0.15, 0.2) is 42.5 Å². The fraction of sp³-hybridized carbons (Fsp3) is 0.200. The number of hydrogen-bond donors (Lipinski definition) is 1. The number of nitrogens with one attached hydrogen (secondary N) is 1. The van der Waals surface area contributed by atoms with Crippen LogP contribution >= 0.6 is 0 Å². The van der Waals surface area contributed by atoms with Crippen molar-refractivity contribution in [2.75, 3.05) is 19.5 Å². The van der Waals surface area contributed by atoms with Gasteiger partial charge < -0.3 is 14.8 Å². The summed E-state index contributed by atoms with van der Waals surface area (Å²) < 4.78 is 49.3. The van der Waals surface area contributed by atoms with Gasteiger partial charge in [-0.2, -0.15) is 13.2 Å². The van der Waals surface area contributed by atoms with E-state index in [1.54, 1.807) is 31.3 Å². The molecule has 0 aliphatic heterocycles. The topological polar surface area (TPSA) is 30.5 Å². The molecule has 0 aromatic heterocycles. The van der Waals surface area contributed by atoms with Crippen LogP contribution in [-0.4, -0.2) is 14.2 Å². The highest BCUT2D eigenvalue weighted by atomic mass is 19.4. The Morgan fingerprint density at radius 1 is 0.952 bits per heavy atom. The Balaban J connectivity index is 2.34. The largest absolute Gasteiger partial charge is 0.497 e. The van der Waals surface area contributed by atoms with Gasteiger partial charge in [0.15, 0.2) is 0 Å². The van der Waals surface area contributed by atoms with Gasteiger partial charge in [0.05, 0.1) is 7.11 Å². The van der Waals surface area contributed by atoms with Gasteiger partial charge >= 0.3 is 6.18 Å². The molecule has 0 heterocycles. The maximum absolute atomic E-state index is 13.0. The Bertz CT molecular complexity index is 609. The zero-order chi connectivity index (χ0) is 15.5. The van der Waals surface area contributed by atoms with Crippen molar-refractivity contribution >= 4 is 5.69 Å². The molecule has 0 radical (unpaired) electrons. The number of anilines is 1. The van der Waals surface area contributed by atoms with Crippen molar-refractivity contribution in [3.8, 4) is 17.2 Å². The van der Waals surface area contributed by atoms with Gasteiger partial charge in [-0.05, 0) is 42.5 Å². The summed E-state index contributed by atoms with van der Waals surface area (Å²) in [4.78, 5) is 0. The number of benzene rings is 2. The van der Waals surface area contributed by atoms with E-state index in [0.717, 1.165) is 11.8 Å². The quantitative estimate of drug-likeness (QED) is 0.898. The van der Waals surface area contributed by atoms with Gasteiger partial charge in [-0.25, -0.2) is 0 Å². The third kappa shape index (κ3) is 3.59. The molecular formula is C15H14F3NO2. The zero-order valence-electron chi connectivity index (χ0n) is 11.5. The molecule has 2 aromatic carbocycles. The first-order chi connectivity index (χ1) is 9.94. The molecule has 1 N–H and O–H groups in total. The lowest BCUT2D eigenvalue weighted by Crippen LogP contribution is -2.07. The van der Waals surface area contributed by atoms with Gasteiger partial charge in [0.25, 0.3) is 0 Å². The first-order valence-corrected chi connectivity index (χ1v) is 6.15. The molecule has 0 amide bonds. The van der Waals surface area contributed by atoms with Crippen LogP contribution in [-0.2, 0) is 6.18 Å². The van der Waals surface area contributed by atoms with E-state index < -0.39 is 11.7 Å². The van der Waals surface area contributed by atoms with E-state index in [0.29, 0.717) is 5.75 Å². The average molecular weight is 297 g/mol. The van der Waals surface area contributed by atoms with Gasteiger partial charge in [0.1, 0.15) is 22.8 Å². The van der Waals surface area contributed by atoms with Crippen molar-refractivity contribution in [1.29, 1.82) is 0 Å². The van der Waals surface area contributed by atoms with Crippen LogP contribution in [0.5, 0.6) is 17.2 Å². The Morgan fingerprint density at radius 2 is 1.57 bits per heavy atom. The van der Waals surface area contributed by atoms with E-state index in [1.807, 2.05) is 0 Å².